The molecule has 0 N–H and O–H groups in total. The Balaban J connectivity index is 1.99. The van der Waals surface area contributed by atoms with Gasteiger partial charge in [-0.1, -0.05) is 60.7 Å². The highest BCUT2D eigenvalue weighted by molar-refractivity contribution is 5.92. The first kappa shape index (κ1) is 16.4. The molecule has 124 valence electrons. The van der Waals surface area contributed by atoms with Crippen LogP contribution in [0.1, 0.15) is 43.2 Å². The molecule has 0 aliphatic carbocycles. The normalized spacial score (nSPS) is 17.8. The van der Waals surface area contributed by atoms with E-state index in [-0.39, 0.29) is 23.7 Å². The summed E-state index contributed by atoms with van der Waals surface area (Å²) < 4.78 is 0. The van der Waals surface area contributed by atoms with Crippen LogP contribution in [-0.2, 0) is 9.59 Å². The van der Waals surface area contributed by atoms with Gasteiger partial charge in [-0.25, -0.2) is 0 Å². The van der Waals surface area contributed by atoms with E-state index in [1.807, 2.05) is 60.7 Å². The van der Waals surface area contributed by atoms with E-state index in [4.69, 9.17) is 0 Å². The number of hydrogen-bond donors (Lipinski definition) is 0. The summed E-state index contributed by atoms with van der Waals surface area (Å²) in [4.78, 5) is 27.2. The minimum atomic E-state index is -0.354. The summed E-state index contributed by atoms with van der Waals surface area (Å²) in [6, 6.07) is 19.4. The molecular weight excluding hydrogens is 298 g/mol. The average molecular weight is 321 g/mol. The maximum Gasteiger partial charge on any atom is 0.235 e. The van der Waals surface area contributed by atoms with Crippen molar-refractivity contribution in [2.45, 2.75) is 38.1 Å². The summed E-state index contributed by atoms with van der Waals surface area (Å²) in [7, 11) is 0. The van der Waals surface area contributed by atoms with Gasteiger partial charge in [-0.15, -0.1) is 0 Å². The van der Waals surface area contributed by atoms with Gasteiger partial charge in [-0.3, -0.25) is 9.59 Å². The molecule has 1 amide bonds. The molecule has 2 aromatic carbocycles. The number of carbonyl (C=O) groups excluding carboxylic acids is 2. The van der Waals surface area contributed by atoms with Crippen LogP contribution in [0.3, 0.4) is 0 Å². The van der Waals surface area contributed by atoms with Gasteiger partial charge in [-0.05, 0) is 37.3 Å². The van der Waals surface area contributed by atoms with E-state index in [1.165, 1.54) is 0 Å². The molecule has 1 saturated heterocycles. The number of ketones is 1. The molecule has 0 spiro atoms. The third-order valence-corrected chi connectivity index (χ3v) is 4.77. The fraction of sp³-hybridized carbons (Fsp3) is 0.333. The Labute approximate surface area is 143 Å². The summed E-state index contributed by atoms with van der Waals surface area (Å²) in [5.41, 5.74) is 1.95. The molecule has 0 saturated carbocycles. The standard InChI is InChI=1S/C21H23NO2/c1-16(23)19-14-8-9-15-22(19)21(24)20(17-10-4-2-5-11-17)18-12-6-3-7-13-18/h2-7,10-13,19-20H,8-9,14-15H2,1H3/t19-/m0/s1. The van der Waals surface area contributed by atoms with Crippen LogP contribution in [0.2, 0.25) is 0 Å². The molecule has 0 aromatic heterocycles. The van der Waals surface area contributed by atoms with Crippen LogP contribution in [0, 0.1) is 0 Å². The Morgan fingerprint density at radius 2 is 1.46 bits per heavy atom. The smallest absolute Gasteiger partial charge is 0.235 e. The second-order valence-electron chi connectivity index (χ2n) is 6.41. The zero-order valence-corrected chi connectivity index (χ0v) is 14.0. The zero-order chi connectivity index (χ0) is 16.9. The lowest BCUT2D eigenvalue weighted by atomic mass is 9.88. The van der Waals surface area contributed by atoms with Crippen LogP contribution >= 0.6 is 0 Å². The first-order chi connectivity index (χ1) is 11.7. The van der Waals surface area contributed by atoms with E-state index in [1.54, 1.807) is 11.8 Å². The SMILES string of the molecule is CC(=O)[C@@H]1CCCCN1C(=O)C(c1ccccc1)c1ccccc1. The summed E-state index contributed by atoms with van der Waals surface area (Å²) in [6.07, 6.45) is 2.75. The predicted molar refractivity (Wildman–Crippen MR) is 94.8 cm³/mol. The second-order valence-corrected chi connectivity index (χ2v) is 6.41. The van der Waals surface area contributed by atoms with E-state index in [2.05, 4.69) is 0 Å². The quantitative estimate of drug-likeness (QED) is 0.859. The van der Waals surface area contributed by atoms with Crippen molar-refractivity contribution in [3.63, 3.8) is 0 Å². The Hall–Kier alpha value is -2.42. The Bertz CT molecular complexity index is 657. The molecule has 1 fully saturated rings. The predicted octanol–water partition coefficient (Wildman–Crippen LogP) is 3.79. The number of benzene rings is 2. The molecule has 1 aliphatic rings. The number of amides is 1. The lowest BCUT2D eigenvalue weighted by Crippen LogP contribution is -2.49. The summed E-state index contributed by atoms with van der Waals surface area (Å²) >= 11 is 0. The van der Waals surface area contributed by atoms with Crippen LogP contribution in [0.25, 0.3) is 0 Å². The van der Waals surface area contributed by atoms with Gasteiger partial charge in [0.15, 0.2) is 5.78 Å². The monoisotopic (exact) mass is 321 g/mol. The third kappa shape index (κ3) is 3.40. The minimum Gasteiger partial charge on any atom is -0.332 e. The maximum atomic E-state index is 13.4. The van der Waals surface area contributed by atoms with Gasteiger partial charge in [0.05, 0.1) is 12.0 Å². The van der Waals surface area contributed by atoms with Crippen molar-refractivity contribution in [2.75, 3.05) is 6.54 Å². The van der Waals surface area contributed by atoms with Crippen LogP contribution < -0.4 is 0 Å². The minimum absolute atomic E-state index is 0.0345. The highest BCUT2D eigenvalue weighted by Gasteiger charge is 2.35. The highest BCUT2D eigenvalue weighted by atomic mass is 16.2. The lowest BCUT2D eigenvalue weighted by molar-refractivity contribution is -0.141. The Morgan fingerprint density at radius 1 is 0.917 bits per heavy atom. The largest absolute Gasteiger partial charge is 0.332 e. The third-order valence-electron chi connectivity index (χ3n) is 4.77. The van der Waals surface area contributed by atoms with E-state index >= 15 is 0 Å². The maximum absolute atomic E-state index is 13.4. The van der Waals surface area contributed by atoms with Crippen LogP contribution in [0.4, 0.5) is 0 Å². The summed E-state index contributed by atoms with van der Waals surface area (Å²) in [5, 5.41) is 0. The van der Waals surface area contributed by atoms with Crippen molar-refractivity contribution in [3.05, 3.63) is 71.8 Å². The molecule has 3 nitrogen and oxygen atoms in total. The average Bonchev–Trinajstić information content (AvgIpc) is 2.63. The molecule has 3 heteroatoms. The van der Waals surface area contributed by atoms with Crippen molar-refractivity contribution in [1.82, 2.24) is 4.90 Å². The number of carbonyl (C=O) groups is 2. The van der Waals surface area contributed by atoms with Crippen molar-refractivity contribution in [3.8, 4) is 0 Å². The molecule has 24 heavy (non-hydrogen) atoms. The number of piperidine rings is 1. The zero-order valence-electron chi connectivity index (χ0n) is 14.0. The van der Waals surface area contributed by atoms with Gasteiger partial charge in [0.25, 0.3) is 0 Å². The Morgan fingerprint density at radius 3 is 1.96 bits per heavy atom. The number of hydrogen-bond acceptors (Lipinski definition) is 2. The summed E-state index contributed by atoms with van der Waals surface area (Å²) in [5.74, 6) is -0.234. The first-order valence-electron chi connectivity index (χ1n) is 8.59. The van der Waals surface area contributed by atoms with Crippen molar-refractivity contribution >= 4 is 11.7 Å². The van der Waals surface area contributed by atoms with E-state index < -0.39 is 0 Å². The molecule has 1 aliphatic heterocycles. The van der Waals surface area contributed by atoms with Gasteiger partial charge >= 0.3 is 0 Å². The number of Topliss-reactive ketones (excluding diaryl/α,β-unsaturated/α-hetero) is 1. The molecule has 3 rings (SSSR count). The number of nitrogens with zero attached hydrogens (tertiary/aromatic N) is 1. The molecule has 0 bridgehead atoms. The second kappa shape index (κ2) is 7.43. The van der Waals surface area contributed by atoms with Crippen LogP contribution in [0.5, 0.6) is 0 Å². The number of rotatable bonds is 4. The van der Waals surface area contributed by atoms with Crippen molar-refractivity contribution in [2.24, 2.45) is 0 Å². The van der Waals surface area contributed by atoms with Crippen LogP contribution in [-0.4, -0.2) is 29.2 Å². The van der Waals surface area contributed by atoms with E-state index in [0.29, 0.717) is 6.54 Å². The Kier molecular flexibility index (Phi) is 5.09. The van der Waals surface area contributed by atoms with E-state index in [9.17, 15) is 9.59 Å². The topological polar surface area (TPSA) is 37.4 Å². The fourth-order valence-electron chi connectivity index (χ4n) is 3.55. The van der Waals surface area contributed by atoms with Gasteiger partial charge in [0.1, 0.15) is 0 Å². The van der Waals surface area contributed by atoms with Gasteiger partial charge < -0.3 is 4.90 Å². The van der Waals surface area contributed by atoms with Gasteiger partial charge in [0.2, 0.25) is 5.91 Å². The van der Waals surface area contributed by atoms with Gasteiger partial charge in [0, 0.05) is 6.54 Å². The molecular formula is C21H23NO2. The van der Waals surface area contributed by atoms with Crippen molar-refractivity contribution in [1.29, 1.82) is 0 Å². The molecule has 0 unspecified atom stereocenters. The lowest BCUT2D eigenvalue weighted by Gasteiger charge is -2.36. The van der Waals surface area contributed by atoms with E-state index in [0.717, 1.165) is 30.4 Å². The molecule has 0 radical (unpaired) electrons. The first-order valence-corrected chi connectivity index (χ1v) is 8.59. The summed E-state index contributed by atoms with van der Waals surface area (Å²) in [6.45, 7) is 2.26. The molecule has 2 aromatic rings. The van der Waals surface area contributed by atoms with Crippen molar-refractivity contribution < 1.29 is 9.59 Å². The highest BCUT2D eigenvalue weighted by Crippen LogP contribution is 2.30. The van der Waals surface area contributed by atoms with Gasteiger partial charge in [-0.2, -0.15) is 0 Å². The fourth-order valence-corrected chi connectivity index (χ4v) is 3.55. The number of likely N-dealkylation sites (tertiary alicyclic amines) is 1. The molecule has 1 heterocycles. The van der Waals surface area contributed by atoms with Crippen LogP contribution in [0.15, 0.2) is 60.7 Å². The molecule has 1 atom stereocenters.